The average molecular weight is 253 g/mol. The van der Waals surface area contributed by atoms with Gasteiger partial charge in [0.1, 0.15) is 11.6 Å². The van der Waals surface area contributed by atoms with E-state index in [0.29, 0.717) is 17.9 Å². The Hall–Kier alpha value is -0.960. The zero-order valence-corrected chi connectivity index (χ0v) is 10.9. The largest absolute Gasteiger partial charge is 0.325 e. The molecule has 0 aliphatic heterocycles. The molecule has 0 radical (unpaired) electrons. The Labute approximate surface area is 107 Å². The van der Waals surface area contributed by atoms with Crippen LogP contribution in [0.5, 0.6) is 0 Å². The van der Waals surface area contributed by atoms with E-state index in [1.807, 2.05) is 0 Å². The minimum absolute atomic E-state index is 0.292. The van der Waals surface area contributed by atoms with Crippen LogP contribution >= 0.6 is 0 Å². The topological polar surface area (TPSA) is 26.0 Å². The van der Waals surface area contributed by atoms with Crippen molar-refractivity contribution in [3.63, 3.8) is 0 Å². The van der Waals surface area contributed by atoms with E-state index in [0.717, 1.165) is 31.7 Å². The van der Waals surface area contributed by atoms with E-state index in [9.17, 15) is 8.78 Å². The van der Waals surface area contributed by atoms with Crippen LogP contribution in [0.2, 0.25) is 0 Å². The molecule has 2 atom stereocenters. The molecule has 0 aromatic heterocycles. The zero-order valence-electron chi connectivity index (χ0n) is 10.9. The number of halogens is 2. The number of benzene rings is 1. The summed E-state index contributed by atoms with van der Waals surface area (Å²) in [6, 6.07) is 3.70. The summed E-state index contributed by atoms with van der Waals surface area (Å²) in [5, 5.41) is 0. The fraction of sp³-hybridized carbons (Fsp3) is 0.600. The fourth-order valence-electron chi connectivity index (χ4n) is 3.15. The van der Waals surface area contributed by atoms with Crippen LogP contribution in [-0.2, 0) is 6.42 Å². The molecular formula is C15H21F2N. The summed E-state index contributed by atoms with van der Waals surface area (Å²) >= 11 is 0. The molecule has 3 heteroatoms. The molecule has 0 spiro atoms. The lowest BCUT2D eigenvalue weighted by molar-refractivity contribution is 0.218. The van der Waals surface area contributed by atoms with Crippen LogP contribution in [0.4, 0.5) is 8.78 Å². The highest BCUT2D eigenvalue weighted by Gasteiger charge is 2.32. The number of hydrogen-bond acceptors (Lipinski definition) is 1. The molecule has 1 nitrogen and oxygen atoms in total. The SMILES string of the molecule is CCC1CCCC(N)(Cc2cc(F)cc(F)c2)C1. The van der Waals surface area contributed by atoms with Crippen LogP contribution in [0, 0.1) is 17.6 Å². The molecule has 0 amide bonds. The Kier molecular flexibility index (Phi) is 4.00. The lowest BCUT2D eigenvalue weighted by Crippen LogP contribution is -2.46. The van der Waals surface area contributed by atoms with Crippen molar-refractivity contribution in [1.82, 2.24) is 0 Å². The first-order chi connectivity index (χ1) is 8.50. The Morgan fingerprint density at radius 2 is 1.94 bits per heavy atom. The van der Waals surface area contributed by atoms with Crippen molar-refractivity contribution in [2.45, 2.75) is 51.0 Å². The number of rotatable bonds is 3. The summed E-state index contributed by atoms with van der Waals surface area (Å²) in [4.78, 5) is 0. The minimum Gasteiger partial charge on any atom is -0.325 e. The van der Waals surface area contributed by atoms with Gasteiger partial charge in [0.2, 0.25) is 0 Å². The molecule has 1 aromatic carbocycles. The van der Waals surface area contributed by atoms with Crippen LogP contribution < -0.4 is 5.73 Å². The van der Waals surface area contributed by atoms with Gasteiger partial charge in [-0.2, -0.15) is 0 Å². The Bertz CT molecular complexity index is 399. The summed E-state index contributed by atoms with van der Waals surface area (Å²) in [6.07, 6.45) is 5.96. The minimum atomic E-state index is -0.517. The van der Waals surface area contributed by atoms with Gasteiger partial charge in [-0.3, -0.25) is 0 Å². The molecule has 1 saturated carbocycles. The maximum atomic E-state index is 13.2. The summed E-state index contributed by atoms with van der Waals surface area (Å²) in [5.74, 6) is -0.380. The monoisotopic (exact) mass is 253 g/mol. The third kappa shape index (κ3) is 3.29. The lowest BCUT2D eigenvalue weighted by atomic mass is 9.72. The van der Waals surface area contributed by atoms with E-state index < -0.39 is 11.6 Å². The molecule has 100 valence electrons. The van der Waals surface area contributed by atoms with Crippen molar-refractivity contribution in [2.24, 2.45) is 11.7 Å². The third-order valence-electron chi connectivity index (χ3n) is 4.04. The van der Waals surface area contributed by atoms with Gasteiger partial charge in [-0.25, -0.2) is 8.78 Å². The van der Waals surface area contributed by atoms with E-state index in [2.05, 4.69) is 6.92 Å². The Morgan fingerprint density at radius 3 is 2.56 bits per heavy atom. The smallest absolute Gasteiger partial charge is 0.126 e. The molecule has 1 aromatic rings. The van der Waals surface area contributed by atoms with Crippen molar-refractivity contribution in [3.05, 3.63) is 35.4 Å². The third-order valence-corrected chi connectivity index (χ3v) is 4.04. The number of hydrogen-bond donors (Lipinski definition) is 1. The summed E-state index contributed by atoms with van der Waals surface area (Å²) in [7, 11) is 0. The molecule has 1 fully saturated rings. The second kappa shape index (κ2) is 5.35. The van der Waals surface area contributed by atoms with Gasteiger partial charge in [-0.1, -0.05) is 26.2 Å². The van der Waals surface area contributed by atoms with Crippen LogP contribution in [0.1, 0.15) is 44.6 Å². The van der Waals surface area contributed by atoms with Crippen LogP contribution in [-0.4, -0.2) is 5.54 Å². The van der Waals surface area contributed by atoms with Crippen molar-refractivity contribution in [1.29, 1.82) is 0 Å². The normalized spacial score (nSPS) is 28.3. The number of nitrogens with two attached hydrogens (primary N) is 1. The molecule has 2 N–H and O–H groups in total. The van der Waals surface area contributed by atoms with Gasteiger partial charge in [0.05, 0.1) is 0 Å². The summed E-state index contributed by atoms with van der Waals surface area (Å²) in [6.45, 7) is 2.18. The first-order valence-corrected chi connectivity index (χ1v) is 6.74. The summed E-state index contributed by atoms with van der Waals surface area (Å²) < 4.78 is 26.3. The van der Waals surface area contributed by atoms with Crippen LogP contribution in [0.25, 0.3) is 0 Å². The zero-order chi connectivity index (χ0) is 13.2. The summed E-state index contributed by atoms with van der Waals surface area (Å²) in [5.41, 5.74) is 6.79. The molecule has 2 rings (SSSR count). The quantitative estimate of drug-likeness (QED) is 0.871. The van der Waals surface area contributed by atoms with E-state index in [1.54, 1.807) is 0 Å². The molecule has 0 heterocycles. The first-order valence-electron chi connectivity index (χ1n) is 6.74. The van der Waals surface area contributed by atoms with Gasteiger partial charge in [0, 0.05) is 11.6 Å². The Balaban J connectivity index is 2.11. The average Bonchev–Trinajstić information content (AvgIpc) is 2.26. The molecule has 0 bridgehead atoms. The molecule has 1 aliphatic rings. The van der Waals surface area contributed by atoms with Gasteiger partial charge in [-0.15, -0.1) is 0 Å². The predicted molar refractivity (Wildman–Crippen MR) is 69.2 cm³/mol. The van der Waals surface area contributed by atoms with Crippen molar-refractivity contribution in [2.75, 3.05) is 0 Å². The van der Waals surface area contributed by atoms with Crippen molar-refractivity contribution >= 4 is 0 Å². The van der Waals surface area contributed by atoms with E-state index in [-0.39, 0.29) is 5.54 Å². The molecule has 2 unspecified atom stereocenters. The van der Waals surface area contributed by atoms with Gasteiger partial charge in [-0.05, 0) is 42.9 Å². The van der Waals surface area contributed by atoms with Crippen molar-refractivity contribution in [3.8, 4) is 0 Å². The van der Waals surface area contributed by atoms with Crippen molar-refractivity contribution < 1.29 is 8.78 Å². The highest BCUT2D eigenvalue weighted by Crippen LogP contribution is 2.34. The Morgan fingerprint density at radius 1 is 1.28 bits per heavy atom. The predicted octanol–water partition coefficient (Wildman–Crippen LogP) is 3.81. The molecule has 18 heavy (non-hydrogen) atoms. The first kappa shape index (κ1) is 13.5. The maximum absolute atomic E-state index is 13.2. The lowest BCUT2D eigenvalue weighted by Gasteiger charge is -2.38. The van der Waals surface area contributed by atoms with Gasteiger partial charge < -0.3 is 5.73 Å². The standard InChI is InChI=1S/C15H21F2N/c1-2-11-4-3-5-15(18,9-11)10-12-6-13(16)8-14(17)7-12/h6-8,11H,2-5,9-10,18H2,1H3. The van der Waals surface area contributed by atoms with Gasteiger partial charge in [0.15, 0.2) is 0 Å². The second-order valence-electron chi connectivity index (χ2n) is 5.69. The van der Waals surface area contributed by atoms with Crippen LogP contribution in [0.15, 0.2) is 18.2 Å². The highest BCUT2D eigenvalue weighted by molar-refractivity contribution is 5.20. The van der Waals surface area contributed by atoms with E-state index >= 15 is 0 Å². The van der Waals surface area contributed by atoms with E-state index in [4.69, 9.17) is 5.73 Å². The van der Waals surface area contributed by atoms with Gasteiger partial charge >= 0.3 is 0 Å². The van der Waals surface area contributed by atoms with Crippen LogP contribution in [0.3, 0.4) is 0 Å². The maximum Gasteiger partial charge on any atom is 0.126 e. The van der Waals surface area contributed by atoms with Gasteiger partial charge in [0.25, 0.3) is 0 Å². The highest BCUT2D eigenvalue weighted by atomic mass is 19.1. The molecular weight excluding hydrogens is 232 g/mol. The second-order valence-corrected chi connectivity index (χ2v) is 5.69. The van der Waals surface area contributed by atoms with E-state index in [1.165, 1.54) is 18.6 Å². The fourth-order valence-corrected chi connectivity index (χ4v) is 3.15. The molecule has 0 saturated heterocycles. The molecule has 1 aliphatic carbocycles.